The van der Waals surface area contributed by atoms with Gasteiger partial charge in [0.15, 0.2) is 0 Å². The highest BCUT2D eigenvalue weighted by molar-refractivity contribution is 4.82. The maximum atomic E-state index is 9.10. The molecule has 0 aromatic rings. The van der Waals surface area contributed by atoms with E-state index in [-0.39, 0.29) is 6.61 Å². The Morgan fingerprint density at radius 3 is 2.54 bits per heavy atom. The van der Waals surface area contributed by atoms with Gasteiger partial charge < -0.3 is 15.5 Å². The second kappa shape index (κ2) is 4.94. The fourth-order valence-corrected chi connectivity index (χ4v) is 2.01. The summed E-state index contributed by atoms with van der Waals surface area (Å²) in [6.07, 6.45) is 4.64. The Bertz CT molecular complexity index is 144. The summed E-state index contributed by atoms with van der Waals surface area (Å²) in [4.78, 5) is 0. The van der Waals surface area contributed by atoms with Crippen molar-refractivity contribution in [3.05, 3.63) is 0 Å². The van der Waals surface area contributed by atoms with Gasteiger partial charge in [-0.05, 0) is 18.3 Å². The third-order valence-electron chi connectivity index (χ3n) is 2.95. The van der Waals surface area contributed by atoms with Crippen LogP contribution in [0.4, 0.5) is 0 Å². The highest BCUT2D eigenvalue weighted by Gasteiger charge is 2.27. The standard InChI is InChI=1S/C10H21NO2/c1-10(4-2-3-5-10)8-11-6-9(13)7-12/h9,11-13H,2-8H2,1H3. The molecule has 3 nitrogen and oxygen atoms in total. The van der Waals surface area contributed by atoms with Crippen LogP contribution >= 0.6 is 0 Å². The van der Waals surface area contributed by atoms with E-state index in [2.05, 4.69) is 12.2 Å². The Labute approximate surface area is 80.2 Å². The molecule has 0 amide bonds. The minimum Gasteiger partial charge on any atom is -0.394 e. The molecular weight excluding hydrogens is 166 g/mol. The first kappa shape index (κ1) is 11.0. The molecule has 78 valence electrons. The van der Waals surface area contributed by atoms with Crippen molar-refractivity contribution in [3.63, 3.8) is 0 Å². The van der Waals surface area contributed by atoms with Gasteiger partial charge in [-0.25, -0.2) is 0 Å². The van der Waals surface area contributed by atoms with Crippen LogP contribution in [0.15, 0.2) is 0 Å². The van der Waals surface area contributed by atoms with Crippen LogP contribution < -0.4 is 5.32 Å². The number of hydrogen-bond donors (Lipinski definition) is 3. The molecular formula is C10H21NO2. The van der Waals surface area contributed by atoms with Crippen molar-refractivity contribution in [2.24, 2.45) is 5.41 Å². The van der Waals surface area contributed by atoms with Crippen LogP contribution in [0, 0.1) is 5.41 Å². The first-order chi connectivity index (χ1) is 6.16. The molecule has 0 heterocycles. The minimum absolute atomic E-state index is 0.149. The van der Waals surface area contributed by atoms with Crippen molar-refractivity contribution in [3.8, 4) is 0 Å². The third-order valence-corrected chi connectivity index (χ3v) is 2.95. The molecule has 3 heteroatoms. The molecule has 1 unspecified atom stereocenters. The fourth-order valence-electron chi connectivity index (χ4n) is 2.01. The summed E-state index contributed by atoms with van der Waals surface area (Å²) < 4.78 is 0. The van der Waals surface area contributed by atoms with E-state index in [1.54, 1.807) is 0 Å². The molecule has 1 saturated carbocycles. The molecule has 0 saturated heterocycles. The normalized spacial score (nSPS) is 23.3. The van der Waals surface area contributed by atoms with Crippen LogP contribution in [0.5, 0.6) is 0 Å². The van der Waals surface area contributed by atoms with E-state index in [1.807, 2.05) is 0 Å². The lowest BCUT2D eigenvalue weighted by Gasteiger charge is -2.24. The van der Waals surface area contributed by atoms with Crippen LogP contribution in [0.25, 0.3) is 0 Å². The quantitative estimate of drug-likeness (QED) is 0.588. The van der Waals surface area contributed by atoms with Crippen LogP contribution in [0.1, 0.15) is 32.6 Å². The summed E-state index contributed by atoms with van der Waals surface area (Å²) in [7, 11) is 0. The Balaban J connectivity index is 2.11. The molecule has 0 bridgehead atoms. The van der Waals surface area contributed by atoms with Crippen molar-refractivity contribution in [1.82, 2.24) is 5.32 Å². The average molecular weight is 187 g/mol. The van der Waals surface area contributed by atoms with E-state index < -0.39 is 6.10 Å². The van der Waals surface area contributed by atoms with Gasteiger partial charge in [-0.15, -0.1) is 0 Å². The zero-order chi connectivity index (χ0) is 9.73. The zero-order valence-electron chi connectivity index (χ0n) is 8.42. The van der Waals surface area contributed by atoms with Crippen molar-refractivity contribution < 1.29 is 10.2 Å². The van der Waals surface area contributed by atoms with Crippen molar-refractivity contribution >= 4 is 0 Å². The van der Waals surface area contributed by atoms with Crippen LogP contribution in [-0.4, -0.2) is 36.0 Å². The molecule has 13 heavy (non-hydrogen) atoms. The smallest absolute Gasteiger partial charge is 0.0894 e. The van der Waals surface area contributed by atoms with Crippen LogP contribution in [-0.2, 0) is 0 Å². The lowest BCUT2D eigenvalue weighted by atomic mass is 9.89. The monoisotopic (exact) mass is 187 g/mol. The number of aliphatic hydroxyl groups is 2. The molecule has 1 fully saturated rings. The van der Waals surface area contributed by atoms with Gasteiger partial charge in [0, 0.05) is 13.1 Å². The molecule has 1 rings (SSSR count). The number of rotatable bonds is 5. The van der Waals surface area contributed by atoms with Crippen LogP contribution in [0.2, 0.25) is 0 Å². The summed E-state index contributed by atoms with van der Waals surface area (Å²) in [5.41, 5.74) is 0.426. The minimum atomic E-state index is -0.606. The average Bonchev–Trinajstić information content (AvgIpc) is 2.52. The first-order valence-corrected chi connectivity index (χ1v) is 5.16. The SMILES string of the molecule is CC1(CNCC(O)CO)CCCC1. The number of nitrogens with one attached hydrogen (secondary N) is 1. The first-order valence-electron chi connectivity index (χ1n) is 5.16. The van der Waals surface area contributed by atoms with Crippen molar-refractivity contribution in [2.45, 2.75) is 38.7 Å². The van der Waals surface area contributed by atoms with E-state index >= 15 is 0 Å². The van der Waals surface area contributed by atoms with Gasteiger partial charge in [0.25, 0.3) is 0 Å². The fraction of sp³-hybridized carbons (Fsp3) is 1.00. The molecule has 1 aliphatic rings. The van der Waals surface area contributed by atoms with E-state index in [9.17, 15) is 0 Å². The Hall–Kier alpha value is -0.120. The Morgan fingerprint density at radius 2 is 2.00 bits per heavy atom. The predicted molar refractivity (Wildman–Crippen MR) is 52.5 cm³/mol. The highest BCUT2D eigenvalue weighted by atomic mass is 16.3. The van der Waals surface area contributed by atoms with Crippen LogP contribution in [0.3, 0.4) is 0 Å². The Morgan fingerprint density at radius 1 is 1.38 bits per heavy atom. The molecule has 1 aliphatic carbocycles. The second-order valence-electron chi connectivity index (χ2n) is 4.49. The maximum Gasteiger partial charge on any atom is 0.0894 e. The molecule has 0 aromatic carbocycles. The number of aliphatic hydroxyl groups excluding tert-OH is 2. The molecule has 0 radical (unpaired) electrons. The predicted octanol–water partition coefficient (Wildman–Crippen LogP) is 0.509. The topological polar surface area (TPSA) is 52.5 Å². The summed E-state index contributed by atoms with van der Waals surface area (Å²) in [5.74, 6) is 0. The molecule has 0 aromatic heterocycles. The molecule has 1 atom stereocenters. The third kappa shape index (κ3) is 3.63. The number of hydrogen-bond acceptors (Lipinski definition) is 3. The molecule has 0 aliphatic heterocycles. The summed E-state index contributed by atoms with van der Waals surface area (Å²) >= 11 is 0. The lowest BCUT2D eigenvalue weighted by molar-refractivity contribution is 0.0916. The van der Waals surface area contributed by atoms with E-state index in [4.69, 9.17) is 10.2 Å². The summed E-state index contributed by atoms with van der Waals surface area (Å²) in [6.45, 7) is 3.61. The van der Waals surface area contributed by atoms with Gasteiger partial charge in [-0.2, -0.15) is 0 Å². The van der Waals surface area contributed by atoms with E-state index in [1.165, 1.54) is 25.7 Å². The van der Waals surface area contributed by atoms with E-state index in [0.717, 1.165) is 6.54 Å². The van der Waals surface area contributed by atoms with Gasteiger partial charge in [0.05, 0.1) is 12.7 Å². The highest BCUT2D eigenvalue weighted by Crippen LogP contribution is 2.36. The lowest BCUT2D eigenvalue weighted by Crippen LogP contribution is -2.36. The van der Waals surface area contributed by atoms with E-state index in [0.29, 0.717) is 12.0 Å². The maximum absolute atomic E-state index is 9.10. The zero-order valence-corrected chi connectivity index (χ0v) is 8.42. The van der Waals surface area contributed by atoms with Gasteiger partial charge in [-0.3, -0.25) is 0 Å². The van der Waals surface area contributed by atoms with Gasteiger partial charge >= 0.3 is 0 Å². The van der Waals surface area contributed by atoms with Gasteiger partial charge in [0.2, 0.25) is 0 Å². The van der Waals surface area contributed by atoms with Gasteiger partial charge in [-0.1, -0.05) is 19.8 Å². The summed E-state index contributed by atoms with van der Waals surface area (Å²) in [6, 6.07) is 0. The van der Waals surface area contributed by atoms with Crippen molar-refractivity contribution in [2.75, 3.05) is 19.7 Å². The largest absolute Gasteiger partial charge is 0.394 e. The Kier molecular flexibility index (Phi) is 4.16. The summed E-state index contributed by atoms with van der Waals surface area (Å²) in [5, 5.41) is 20.9. The van der Waals surface area contributed by atoms with Gasteiger partial charge in [0.1, 0.15) is 0 Å². The molecule has 3 N–H and O–H groups in total. The van der Waals surface area contributed by atoms with Crippen molar-refractivity contribution in [1.29, 1.82) is 0 Å². The second-order valence-corrected chi connectivity index (χ2v) is 4.49. The molecule has 0 spiro atoms.